The van der Waals surface area contributed by atoms with E-state index < -0.39 is 15.9 Å². The number of benzene rings is 2. The van der Waals surface area contributed by atoms with Crippen LogP contribution in [0.4, 0.5) is 5.69 Å². The highest BCUT2D eigenvalue weighted by Gasteiger charge is 2.41. The maximum absolute atomic E-state index is 13.3. The maximum atomic E-state index is 13.3. The molecule has 174 valence electrons. The molecule has 1 fully saturated rings. The zero-order valence-electron chi connectivity index (χ0n) is 19.4. The maximum Gasteiger partial charge on any atom is 0.278 e. The van der Waals surface area contributed by atoms with E-state index in [2.05, 4.69) is 5.32 Å². The van der Waals surface area contributed by atoms with Gasteiger partial charge in [-0.25, -0.2) is 8.42 Å². The van der Waals surface area contributed by atoms with E-state index in [1.807, 2.05) is 32.0 Å². The van der Waals surface area contributed by atoms with Crippen molar-refractivity contribution in [1.29, 1.82) is 0 Å². The molecule has 4 rings (SSSR count). The number of nitrogens with zero attached hydrogens (tertiary/aromatic N) is 2. The van der Waals surface area contributed by atoms with Gasteiger partial charge in [-0.15, -0.1) is 0 Å². The van der Waals surface area contributed by atoms with Crippen molar-refractivity contribution in [1.82, 2.24) is 9.21 Å². The molecule has 2 aromatic carbocycles. The fourth-order valence-electron chi connectivity index (χ4n) is 4.43. The second-order valence-corrected chi connectivity index (χ2v) is 10.8. The number of carbonyl (C=O) groups excluding carboxylic acids is 2. The van der Waals surface area contributed by atoms with E-state index in [4.69, 9.17) is 0 Å². The predicted octanol–water partition coefficient (Wildman–Crippen LogP) is 3.69. The largest absolute Gasteiger partial charge is 0.350 e. The normalized spacial score (nSPS) is 17.5. The highest BCUT2D eigenvalue weighted by atomic mass is 32.2. The molecule has 0 saturated carbocycles. The third kappa shape index (κ3) is 4.20. The molecule has 0 aromatic heterocycles. The third-order valence-corrected chi connectivity index (χ3v) is 7.98. The first kappa shape index (κ1) is 23.2. The molecule has 0 unspecified atom stereocenters. The van der Waals surface area contributed by atoms with Crippen LogP contribution in [0, 0.1) is 13.8 Å². The van der Waals surface area contributed by atoms with Crippen molar-refractivity contribution < 1.29 is 18.0 Å². The van der Waals surface area contributed by atoms with E-state index in [0.717, 1.165) is 24.0 Å². The predicted molar refractivity (Wildman–Crippen MR) is 128 cm³/mol. The molecule has 2 aromatic rings. The number of hydrogen-bond donors (Lipinski definition) is 1. The quantitative estimate of drug-likeness (QED) is 0.655. The summed E-state index contributed by atoms with van der Waals surface area (Å²) in [5, 5.41) is 3.08. The average molecular weight is 468 g/mol. The lowest BCUT2D eigenvalue weighted by Crippen LogP contribution is -2.38. The Balaban J connectivity index is 1.78. The Kier molecular flexibility index (Phi) is 6.16. The lowest BCUT2D eigenvalue weighted by atomic mass is 9.97. The molecular formula is C25H29N3O4S. The third-order valence-electron chi connectivity index (χ3n) is 6.09. The minimum Gasteiger partial charge on any atom is -0.350 e. The fourth-order valence-corrected chi connectivity index (χ4v) is 6.00. The van der Waals surface area contributed by atoms with E-state index in [0.29, 0.717) is 29.9 Å². The van der Waals surface area contributed by atoms with Crippen LogP contribution in [0.1, 0.15) is 43.4 Å². The minimum atomic E-state index is -3.61. The molecule has 0 bridgehead atoms. The molecule has 0 aliphatic carbocycles. The summed E-state index contributed by atoms with van der Waals surface area (Å²) in [6.07, 6.45) is 1.70. The Bertz CT molecular complexity index is 1260. The first-order valence-electron chi connectivity index (χ1n) is 11.2. The van der Waals surface area contributed by atoms with Crippen molar-refractivity contribution in [3.8, 4) is 0 Å². The van der Waals surface area contributed by atoms with Crippen molar-refractivity contribution >= 4 is 33.1 Å². The molecule has 1 saturated heterocycles. The van der Waals surface area contributed by atoms with Crippen LogP contribution in [0.3, 0.4) is 0 Å². The van der Waals surface area contributed by atoms with Crippen LogP contribution in [-0.2, 0) is 19.6 Å². The van der Waals surface area contributed by atoms with Crippen molar-refractivity contribution in [3.05, 3.63) is 64.9 Å². The molecule has 8 heteroatoms. The van der Waals surface area contributed by atoms with Gasteiger partial charge >= 0.3 is 0 Å². The highest BCUT2D eigenvalue weighted by Crippen LogP contribution is 2.34. The van der Waals surface area contributed by atoms with Gasteiger partial charge in [0, 0.05) is 24.8 Å². The summed E-state index contributed by atoms with van der Waals surface area (Å²) in [4.78, 5) is 28.0. The monoisotopic (exact) mass is 467 g/mol. The van der Waals surface area contributed by atoms with Crippen LogP contribution in [0.25, 0.3) is 5.57 Å². The van der Waals surface area contributed by atoms with Gasteiger partial charge in [0.05, 0.1) is 10.5 Å². The first-order chi connectivity index (χ1) is 15.6. The lowest BCUT2D eigenvalue weighted by molar-refractivity contribution is -0.138. The summed E-state index contributed by atoms with van der Waals surface area (Å²) in [5.41, 5.74) is 3.55. The second kappa shape index (κ2) is 8.76. The molecule has 7 nitrogen and oxygen atoms in total. The molecular weight excluding hydrogens is 438 g/mol. The Labute approximate surface area is 195 Å². The summed E-state index contributed by atoms with van der Waals surface area (Å²) in [7, 11) is -3.61. The lowest BCUT2D eigenvalue weighted by Gasteiger charge is -2.19. The number of rotatable bonds is 6. The molecule has 0 spiro atoms. The summed E-state index contributed by atoms with van der Waals surface area (Å²) in [5.74, 6) is -0.775. The number of hydrogen-bond acceptors (Lipinski definition) is 5. The van der Waals surface area contributed by atoms with Crippen molar-refractivity contribution in [2.75, 3.05) is 18.4 Å². The number of sulfonamides is 1. The Hall–Kier alpha value is -2.97. The number of amides is 2. The van der Waals surface area contributed by atoms with Crippen LogP contribution in [0.15, 0.2) is 53.1 Å². The summed E-state index contributed by atoms with van der Waals surface area (Å²) in [6.45, 7) is 8.49. The van der Waals surface area contributed by atoms with Gasteiger partial charge in [0.15, 0.2) is 0 Å². The molecule has 2 amide bonds. The standard InChI is InChI=1S/C25H29N3O4S/c1-16(2)28-24(29)22(21-11-10-17(3)14-18(21)4)23(25(28)30)26-19-8-7-9-20(15-19)33(31,32)27-12-5-6-13-27/h7-11,14-16,26H,5-6,12-13H2,1-4H3. The topological polar surface area (TPSA) is 86.8 Å². The molecule has 2 aliphatic heterocycles. The molecule has 0 atom stereocenters. The summed E-state index contributed by atoms with van der Waals surface area (Å²) < 4.78 is 27.5. The number of imide groups is 1. The smallest absolute Gasteiger partial charge is 0.278 e. The number of carbonyl (C=O) groups is 2. The minimum absolute atomic E-state index is 0.163. The average Bonchev–Trinajstić information content (AvgIpc) is 3.37. The van der Waals surface area contributed by atoms with Gasteiger partial charge in [-0.2, -0.15) is 4.31 Å². The van der Waals surface area contributed by atoms with Crippen molar-refractivity contribution in [2.24, 2.45) is 0 Å². The van der Waals surface area contributed by atoms with Gasteiger partial charge in [-0.3, -0.25) is 14.5 Å². The number of aryl methyl sites for hydroxylation is 2. The summed E-state index contributed by atoms with van der Waals surface area (Å²) >= 11 is 0. The Morgan fingerprint density at radius 1 is 0.939 bits per heavy atom. The van der Waals surface area contributed by atoms with Crippen molar-refractivity contribution in [3.63, 3.8) is 0 Å². The van der Waals surface area contributed by atoms with E-state index >= 15 is 0 Å². The number of nitrogens with one attached hydrogen (secondary N) is 1. The van der Waals surface area contributed by atoms with Gasteiger partial charge in [0.25, 0.3) is 11.8 Å². The first-order valence-corrected chi connectivity index (χ1v) is 12.6. The number of anilines is 1. The molecule has 2 aliphatic rings. The molecule has 33 heavy (non-hydrogen) atoms. The SMILES string of the molecule is Cc1ccc(C2=C(Nc3cccc(S(=O)(=O)N4CCCC4)c3)C(=O)N(C(C)C)C2=O)c(C)c1. The van der Waals surface area contributed by atoms with Gasteiger partial charge in [0.1, 0.15) is 5.70 Å². The van der Waals surface area contributed by atoms with Crippen LogP contribution in [-0.4, -0.2) is 48.6 Å². The zero-order chi connectivity index (χ0) is 23.9. The summed E-state index contributed by atoms with van der Waals surface area (Å²) in [6, 6.07) is 11.8. The highest BCUT2D eigenvalue weighted by molar-refractivity contribution is 7.89. The van der Waals surface area contributed by atoms with Crippen LogP contribution < -0.4 is 5.32 Å². The van der Waals surface area contributed by atoms with Crippen LogP contribution in [0.2, 0.25) is 0 Å². The molecule has 2 heterocycles. The van der Waals surface area contributed by atoms with Gasteiger partial charge < -0.3 is 5.32 Å². The van der Waals surface area contributed by atoms with Gasteiger partial charge in [-0.1, -0.05) is 29.8 Å². The van der Waals surface area contributed by atoms with E-state index in [1.165, 1.54) is 15.3 Å². The molecule has 0 radical (unpaired) electrons. The molecule has 1 N–H and O–H groups in total. The van der Waals surface area contributed by atoms with Crippen molar-refractivity contribution in [2.45, 2.75) is 51.5 Å². The van der Waals surface area contributed by atoms with Crippen LogP contribution >= 0.6 is 0 Å². The van der Waals surface area contributed by atoms with E-state index in [9.17, 15) is 18.0 Å². The second-order valence-electron chi connectivity index (χ2n) is 8.91. The zero-order valence-corrected chi connectivity index (χ0v) is 20.2. The Morgan fingerprint density at radius 2 is 1.64 bits per heavy atom. The van der Waals surface area contributed by atoms with Gasteiger partial charge in [0.2, 0.25) is 10.0 Å². The fraction of sp³-hybridized carbons (Fsp3) is 0.360. The van der Waals surface area contributed by atoms with Gasteiger partial charge in [-0.05, 0) is 69.9 Å². The van der Waals surface area contributed by atoms with E-state index in [1.54, 1.807) is 32.0 Å². The van der Waals surface area contributed by atoms with Crippen LogP contribution in [0.5, 0.6) is 0 Å². The Morgan fingerprint density at radius 3 is 2.27 bits per heavy atom. The van der Waals surface area contributed by atoms with E-state index in [-0.39, 0.29) is 22.5 Å².